The predicted octanol–water partition coefficient (Wildman–Crippen LogP) is 3.61. The standard InChI is InChI=1S/C18H27N3O2S/c1-3-5-6-7-8-16(22)21-18(24)20-15-11-9-14(10-12-15)17(23)19-13-4-2/h9-12H,3-8,13H2,1-2H3,(H,19,23)(H2,20,21,22,24). The van der Waals surface area contributed by atoms with E-state index in [-0.39, 0.29) is 16.9 Å². The van der Waals surface area contributed by atoms with Crippen molar-refractivity contribution < 1.29 is 9.59 Å². The van der Waals surface area contributed by atoms with Crippen LogP contribution in [0.2, 0.25) is 0 Å². The molecule has 24 heavy (non-hydrogen) atoms. The maximum Gasteiger partial charge on any atom is 0.251 e. The SMILES string of the molecule is CCCCCCC(=O)NC(=S)Nc1ccc(C(=O)NCCC)cc1. The van der Waals surface area contributed by atoms with Gasteiger partial charge in [0.05, 0.1) is 0 Å². The van der Waals surface area contributed by atoms with E-state index in [1.807, 2.05) is 6.92 Å². The van der Waals surface area contributed by atoms with Crippen molar-refractivity contribution in [2.24, 2.45) is 0 Å². The minimum absolute atomic E-state index is 0.0702. The number of amides is 2. The first kappa shape index (κ1) is 20.1. The molecule has 0 aliphatic carbocycles. The van der Waals surface area contributed by atoms with Gasteiger partial charge >= 0.3 is 0 Å². The predicted molar refractivity (Wildman–Crippen MR) is 102 cm³/mol. The van der Waals surface area contributed by atoms with Crippen molar-refractivity contribution in [1.82, 2.24) is 10.6 Å². The zero-order valence-electron chi connectivity index (χ0n) is 14.5. The second kappa shape index (κ2) is 11.6. The van der Waals surface area contributed by atoms with E-state index >= 15 is 0 Å². The molecule has 0 heterocycles. The fourth-order valence-electron chi connectivity index (χ4n) is 2.11. The molecule has 1 rings (SSSR count). The van der Waals surface area contributed by atoms with Crippen LogP contribution in [0.4, 0.5) is 5.69 Å². The number of anilines is 1. The van der Waals surface area contributed by atoms with E-state index < -0.39 is 0 Å². The summed E-state index contributed by atoms with van der Waals surface area (Å²) in [4.78, 5) is 23.6. The minimum atomic E-state index is -0.0913. The Kier molecular flexibility index (Phi) is 9.68. The molecule has 6 heteroatoms. The Morgan fingerprint density at radius 3 is 2.33 bits per heavy atom. The fraction of sp³-hybridized carbons (Fsp3) is 0.500. The van der Waals surface area contributed by atoms with Crippen molar-refractivity contribution in [3.8, 4) is 0 Å². The fourth-order valence-corrected chi connectivity index (χ4v) is 2.34. The third kappa shape index (κ3) is 8.06. The zero-order valence-corrected chi connectivity index (χ0v) is 15.3. The van der Waals surface area contributed by atoms with Gasteiger partial charge in [-0.05, 0) is 49.3 Å². The van der Waals surface area contributed by atoms with E-state index in [0.29, 0.717) is 18.5 Å². The van der Waals surface area contributed by atoms with Crippen LogP contribution < -0.4 is 16.0 Å². The lowest BCUT2D eigenvalue weighted by Gasteiger charge is -2.10. The van der Waals surface area contributed by atoms with Crippen LogP contribution in [-0.2, 0) is 4.79 Å². The van der Waals surface area contributed by atoms with E-state index in [2.05, 4.69) is 22.9 Å². The smallest absolute Gasteiger partial charge is 0.251 e. The number of unbranched alkanes of at least 4 members (excludes halogenated alkanes) is 3. The molecule has 0 saturated heterocycles. The van der Waals surface area contributed by atoms with Crippen LogP contribution in [0, 0.1) is 0 Å². The molecule has 0 saturated carbocycles. The Balaban J connectivity index is 2.38. The summed E-state index contributed by atoms with van der Waals surface area (Å²) in [5.41, 5.74) is 1.33. The van der Waals surface area contributed by atoms with E-state index in [4.69, 9.17) is 12.2 Å². The summed E-state index contributed by atoms with van der Waals surface area (Å²) in [5, 5.41) is 8.72. The number of carbonyl (C=O) groups is 2. The normalized spacial score (nSPS) is 10.1. The summed E-state index contributed by atoms with van der Waals surface area (Å²) in [7, 11) is 0. The Morgan fingerprint density at radius 1 is 1.00 bits per heavy atom. The lowest BCUT2D eigenvalue weighted by atomic mass is 10.1. The summed E-state index contributed by atoms with van der Waals surface area (Å²) in [6.07, 6.45) is 5.62. The highest BCUT2D eigenvalue weighted by Gasteiger charge is 2.07. The van der Waals surface area contributed by atoms with Gasteiger partial charge in [0.15, 0.2) is 5.11 Å². The molecule has 0 spiro atoms. The molecule has 1 aromatic carbocycles. The highest BCUT2D eigenvalue weighted by atomic mass is 32.1. The van der Waals surface area contributed by atoms with Gasteiger partial charge in [-0.3, -0.25) is 9.59 Å². The van der Waals surface area contributed by atoms with Crippen LogP contribution >= 0.6 is 12.2 Å². The lowest BCUT2D eigenvalue weighted by molar-refractivity contribution is -0.119. The van der Waals surface area contributed by atoms with Crippen LogP contribution in [0.3, 0.4) is 0 Å². The van der Waals surface area contributed by atoms with Gasteiger partial charge in [-0.25, -0.2) is 0 Å². The lowest BCUT2D eigenvalue weighted by Crippen LogP contribution is -2.33. The Labute approximate surface area is 149 Å². The largest absolute Gasteiger partial charge is 0.352 e. The van der Waals surface area contributed by atoms with E-state index in [1.165, 1.54) is 0 Å². The second-order valence-electron chi connectivity index (χ2n) is 5.65. The molecule has 0 aliphatic rings. The first-order valence-electron chi connectivity index (χ1n) is 8.56. The van der Waals surface area contributed by atoms with Crippen molar-refractivity contribution in [2.45, 2.75) is 52.4 Å². The van der Waals surface area contributed by atoms with Gasteiger partial charge in [-0.2, -0.15) is 0 Å². The van der Waals surface area contributed by atoms with Crippen LogP contribution in [-0.4, -0.2) is 23.5 Å². The summed E-state index contributed by atoms with van der Waals surface area (Å²) in [6.45, 7) is 4.80. The molecule has 1 aromatic rings. The van der Waals surface area contributed by atoms with Crippen LogP contribution in [0.15, 0.2) is 24.3 Å². The molecular weight excluding hydrogens is 322 g/mol. The molecule has 0 radical (unpaired) electrons. The number of rotatable bonds is 9. The van der Waals surface area contributed by atoms with E-state index in [0.717, 1.165) is 37.8 Å². The molecule has 0 unspecified atom stereocenters. The van der Waals surface area contributed by atoms with Crippen LogP contribution in [0.25, 0.3) is 0 Å². The molecule has 5 nitrogen and oxygen atoms in total. The van der Waals surface area contributed by atoms with Gasteiger partial charge in [0.2, 0.25) is 5.91 Å². The molecule has 3 N–H and O–H groups in total. The highest BCUT2D eigenvalue weighted by molar-refractivity contribution is 7.80. The molecule has 0 bridgehead atoms. The first-order valence-corrected chi connectivity index (χ1v) is 8.96. The van der Waals surface area contributed by atoms with Gasteiger partial charge in [0.1, 0.15) is 0 Å². The minimum Gasteiger partial charge on any atom is -0.352 e. The third-order valence-electron chi connectivity index (χ3n) is 3.45. The first-order chi connectivity index (χ1) is 11.6. The number of carbonyl (C=O) groups excluding carboxylic acids is 2. The average molecular weight is 350 g/mol. The summed E-state index contributed by atoms with van der Waals surface area (Å²) in [5.74, 6) is -0.162. The highest BCUT2D eigenvalue weighted by Crippen LogP contribution is 2.09. The molecule has 0 aliphatic heterocycles. The molecule has 0 aromatic heterocycles. The molecule has 2 amide bonds. The topological polar surface area (TPSA) is 70.2 Å². The van der Waals surface area contributed by atoms with Gasteiger partial charge in [0.25, 0.3) is 5.91 Å². The summed E-state index contributed by atoms with van der Waals surface area (Å²) in [6, 6.07) is 6.98. The van der Waals surface area contributed by atoms with Crippen LogP contribution in [0.5, 0.6) is 0 Å². The summed E-state index contributed by atoms with van der Waals surface area (Å²) < 4.78 is 0. The Hall–Kier alpha value is -1.95. The quantitative estimate of drug-likeness (QED) is 0.470. The number of hydrogen-bond donors (Lipinski definition) is 3. The zero-order chi connectivity index (χ0) is 17.8. The van der Waals surface area contributed by atoms with Gasteiger partial charge in [0, 0.05) is 24.2 Å². The van der Waals surface area contributed by atoms with Gasteiger partial charge in [-0.1, -0.05) is 33.1 Å². The molecular formula is C18H27N3O2S. The van der Waals surface area contributed by atoms with Crippen molar-refractivity contribution in [3.05, 3.63) is 29.8 Å². The van der Waals surface area contributed by atoms with E-state index in [9.17, 15) is 9.59 Å². The maximum atomic E-state index is 11.8. The van der Waals surface area contributed by atoms with Crippen molar-refractivity contribution in [3.63, 3.8) is 0 Å². The Bertz CT molecular complexity index is 544. The summed E-state index contributed by atoms with van der Waals surface area (Å²) >= 11 is 5.13. The molecule has 0 fully saturated rings. The molecule has 0 atom stereocenters. The van der Waals surface area contributed by atoms with Crippen LogP contribution in [0.1, 0.15) is 62.7 Å². The second-order valence-corrected chi connectivity index (χ2v) is 6.05. The van der Waals surface area contributed by atoms with Gasteiger partial charge < -0.3 is 16.0 Å². The van der Waals surface area contributed by atoms with Crippen molar-refractivity contribution >= 4 is 34.8 Å². The van der Waals surface area contributed by atoms with Gasteiger partial charge in [-0.15, -0.1) is 0 Å². The monoisotopic (exact) mass is 349 g/mol. The number of benzene rings is 1. The maximum absolute atomic E-state index is 11.8. The number of hydrogen-bond acceptors (Lipinski definition) is 3. The molecule has 132 valence electrons. The van der Waals surface area contributed by atoms with Crippen molar-refractivity contribution in [2.75, 3.05) is 11.9 Å². The van der Waals surface area contributed by atoms with Crippen molar-refractivity contribution in [1.29, 1.82) is 0 Å². The number of thiocarbonyl (C=S) groups is 1. The number of nitrogens with one attached hydrogen (secondary N) is 3. The third-order valence-corrected chi connectivity index (χ3v) is 3.65. The average Bonchev–Trinajstić information content (AvgIpc) is 2.57. The van der Waals surface area contributed by atoms with E-state index in [1.54, 1.807) is 24.3 Å². The Morgan fingerprint density at radius 2 is 1.71 bits per heavy atom.